The number of halogens is 2. The van der Waals surface area contributed by atoms with E-state index in [9.17, 15) is 13.9 Å². The maximum atomic E-state index is 13.7. The molecule has 0 bridgehead atoms. The third-order valence-corrected chi connectivity index (χ3v) is 7.38. The number of aryl methyl sites for hydroxylation is 2. The van der Waals surface area contributed by atoms with Crippen molar-refractivity contribution in [2.75, 3.05) is 13.1 Å². The lowest BCUT2D eigenvalue weighted by Crippen LogP contribution is -2.65. The lowest BCUT2D eigenvalue weighted by molar-refractivity contribution is -0.315. The molecular formula is C29H29F2NO4. The number of morpholine rings is 1. The first kappa shape index (κ1) is 23.4. The molecule has 3 aromatic carbocycles. The van der Waals surface area contributed by atoms with Crippen molar-refractivity contribution >= 4 is 0 Å². The maximum Gasteiger partial charge on any atom is 0.217 e. The highest BCUT2D eigenvalue weighted by atomic mass is 19.1. The Morgan fingerprint density at radius 2 is 1.50 bits per heavy atom. The van der Waals surface area contributed by atoms with Gasteiger partial charge >= 0.3 is 0 Å². The van der Waals surface area contributed by atoms with E-state index in [0.717, 1.165) is 16.7 Å². The van der Waals surface area contributed by atoms with Gasteiger partial charge in [0, 0.05) is 13.1 Å². The zero-order valence-electron chi connectivity index (χ0n) is 19.9. The molecule has 0 aromatic heterocycles. The fraction of sp³-hybridized carbons (Fsp3) is 0.379. The molecule has 0 saturated carbocycles. The van der Waals surface area contributed by atoms with Crippen LogP contribution in [0.25, 0.3) is 0 Å². The molecule has 7 heteroatoms. The molecule has 0 radical (unpaired) electrons. The lowest BCUT2D eigenvalue weighted by Gasteiger charge is -2.49. The van der Waals surface area contributed by atoms with Crippen molar-refractivity contribution in [1.29, 1.82) is 0 Å². The van der Waals surface area contributed by atoms with Gasteiger partial charge in [-0.1, -0.05) is 30.3 Å². The zero-order valence-corrected chi connectivity index (χ0v) is 19.9. The summed E-state index contributed by atoms with van der Waals surface area (Å²) in [5, 5.41) is 11.9. The molecule has 3 aromatic rings. The van der Waals surface area contributed by atoms with Crippen molar-refractivity contribution in [3.8, 4) is 11.5 Å². The molecule has 1 N–H and O–H groups in total. The normalized spacial score (nSPS) is 27.9. The van der Waals surface area contributed by atoms with Gasteiger partial charge in [0.25, 0.3) is 0 Å². The van der Waals surface area contributed by atoms with Crippen LogP contribution in [0.4, 0.5) is 8.78 Å². The monoisotopic (exact) mass is 493 g/mol. The Balaban J connectivity index is 1.26. The van der Waals surface area contributed by atoms with Gasteiger partial charge in [0.05, 0.1) is 6.54 Å². The van der Waals surface area contributed by atoms with E-state index in [0.29, 0.717) is 50.3 Å². The number of β-amino-alcohol motifs (C(OH)–C–C–N with tert-alkyl or cyclic N) is 1. The zero-order chi connectivity index (χ0) is 24.7. The summed E-state index contributed by atoms with van der Waals surface area (Å²) in [7, 11) is 0. The minimum absolute atomic E-state index is 0.272. The quantitative estimate of drug-likeness (QED) is 0.574. The number of hydrogen-bond donors (Lipinski definition) is 1. The lowest BCUT2D eigenvalue weighted by atomic mass is 9.93. The van der Waals surface area contributed by atoms with Crippen LogP contribution in [-0.4, -0.2) is 47.2 Å². The molecule has 0 spiro atoms. The van der Waals surface area contributed by atoms with Crippen molar-refractivity contribution in [3.63, 3.8) is 0 Å². The van der Waals surface area contributed by atoms with E-state index < -0.39 is 18.0 Å². The average Bonchev–Trinajstić information content (AvgIpc) is 2.88. The third kappa shape index (κ3) is 4.71. The summed E-state index contributed by atoms with van der Waals surface area (Å²) in [6.45, 7) is 1.49. The summed E-state index contributed by atoms with van der Waals surface area (Å²) in [6, 6.07) is 19.1. The standard InChI is InChI=1S/C29H29F2NO4/c30-22-8-11-24-20(14-22)6-10-26(34-24)27-17-32(16-19-4-2-1-3-5-19)18-29(33,36-27)28-13-7-21-15-23(31)9-12-25(21)35-28/h1-5,8-9,11-12,14-15,26-28,33H,6-7,10,13,16-18H2/t26-,27-,28+,29?/m0/s1. The van der Waals surface area contributed by atoms with E-state index in [4.69, 9.17) is 14.2 Å². The van der Waals surface area contributed by atoms with E-state index in [1.807, 2.05) is 18.2 Å². The van der Waals surface area contributed by atoms with Gasteiger partial charge in [0.1, 0.15) is 35.3 Å². The summed E-state index contributed by atoms with van der Waals surface area (Å²) >= 11 is 0. The number of benzene rings is 3. The van der Waals surface area contributed by atoms with E-state index in [1.54, 1.807) is 12.1 Å². The van der Waals surface area contributed by atoms with Gasteiger partial charge in [0.15, 0.2) is 6.10 Å². The second-order valence-electron chi connectivity index (χ2n) is 10.0. The Hall–Kier alpha value is -3.00. The largest absolute Gasteiger partial charge is 0.487 e. The molecule has 0 aliphatic carbocycles. The summed E-state index contributed by atoms with van der Waals surface area (Å²) in [5.74, 6) is -0.915. The van der Waals surface area contributed by atoms with Crippen LogP contribution in [0.3, 0.4) is 0 Å². The minimum atomic E-state index is -1.57. The summed E-state index contributed by atoms with van der Waals surface area (Å²) < 4.78 is 46.2. The molecule has 3 heterocycles. The Morgan fingerprint density at radius 3 is 2.22 bits per heavy atom. The van der Waals surface area contributed by atoms with Crippen molar-refractivity contribution < 1.29 is 28.1 Å². The predicted octanol–water partition coefficient (Wildman–Crippen LogP) is 4.64. The van der Waals surface area contributed by atoms with Crippen LogP contribution in [0.5, 0.6) is 11.5 Å². The molecule has 6 rings (SSSR count). The molecule has 1 fully saturated rings. The number of rotatable bonds is 4. The van der Waals surface area contributed by atoms with Gasteiger partial charge in [-0.05, 0) is 78.8 Å². The van der Waals surface area contributed by atoms with Crippen LogP contribution in [0.15, 0.2) is 66.7 Å². The van der Waals surface area contributed by atoms with Crippen molar-refractivity contribution in [1.82, 2.24) is 4.90 Å². The highest BCUT2D eigenvalue weighted by Crippen LogP contribution is 2.38. The number of ether oxygens (including phenoxy) is 3. The van der Waals surface area contributed by atoms with E-state index in [2.05, 4.69) is 17.0 Å². The molecule has 1 unspecified atom stereocenters. The van der Waals surface area contributed by atoms with Crippen molar-refractivity contribution in [2.24, 2.45) is 0 Å². The highest BCUT2D eigenvalue weighted by Gasteiger charge is 2.50. The van der Waals surface area contributed by atoms with Crippen LogP contribution < -0.4 is 9.47 Å². The Kier molecular flexibility index (Phi) is 6.15. The van der Waals surface area contributed by atoms with Crippen molar-refractivity contribution in [2.45, 2.75) is 56.3 Å². The molecule has 188 valence electrons. The first-order chi connectivity index (χ1) is 17.4. The fourth-order valence-electron chi connectivity index (χ4n) is 5.62. The van der Waals surface area contributed by atoms with E-state index in [1.165, 1.54) is 24.3 Å². The molecule has 36 heavy (non-hydrogen) atoms. The highest BCUT2D eigenvalue weighted by molar-refractivity contribution is 5.37. The Morgan fingerprint density at radius 1 is 0.833 bits per heavy atom. The third-order valence-electron chi connectivity index (χ3n) is 7.38. The minimum Gasteiger partial charge on any atom is -0.487 e. The second-order valence-corrected chi connectivity index (χ2v) is 10.0. The molecular weight excluding hydrogens is 464 g/mol. The van der Waals surface area contributed by atoms with Crippen LogP contribution >= 0.6 is 0 Å². The van der Waals surface area contributed by atoms with Gasteiger partial charge in [-0.15, -0.1) is 0 Å². The topological polar surface area (TPSA) is 51.2 Å². The van der Waals surface area contributed by atoms with Crippen LogP contribution in [0.1, 0.15) is 29.5 Å². The summed E-state index contributed by atoms with van der Waals surface area (Å²) in [6.07, 6.45) is 1.11. The van der Waals surface area contributed by atoms with E-state index >= 15 is 0 Å². The molecule has 3 aliphatic heterocycles. The Bertz CT molecular complexity index is 1240. The van der Waals surface area contributed by atoms with Gasteiger partial charge in [-0.3, -0.25) is 4.90 Å². The average molecular weight is 494 g/mol. The predicted molar refractivity (Wildman–Crippen MR) is 130 cm³/mol. The van der Waals surface area contributed by atoms with Gasteiger partial charge in [0.2, 0.25) is 5.79 Å². The smallest absolute Gasteiger partial charge is 0.217 e. The summed E-state index contributed by atoms with van der Waals surface area (Å²) in [5.41, 5.74) is 2.77. The van der Waals surface area contributed by atoms with Gasteiger partial charge in [-0.25, -0.2) is 8.78 Å². The first-order valence-corrected chi connectivity index (χ1v) is 12.5. The summed E-state index contributed by atoms with van der Waals surface area (Å²) in [4.78, 5) is 2.18. The van der Waals surface area contributed by atoms with Crippen molar-refractivity contribution in [3.05, 3.63) is 95.1 Å². The van der Waals surface area contributed by atoms with Crippen LogP contribution in [0, 0.1) is 11.6 Å². The SMILES string of the molecule is OC1([C@H]2CCc3cc(F)ccc3O2)CN(Cc2ccccc2)C[C@@H]([C@@H]2CCc3cc(F)ccc3O2)O1. The molecule has 1 saturated heterocycles. The number of hydrogen-bond acceptors (Lipinski definition) is 5. The number of fused-ring (bicyclic) bond motifs is 2. The van der Waals surface area contributed by atoms with Crippen LogP contribution in [0.2, 0.25) is 0 Å². The number of nitrogens with zero attached hydrogens (tertiary/aromatic N) is 1. The molecule has 3 aliphatic rings. The van der Waals surface area contributed by atoms with Crippen LogP contribution in [-0.2, 0) is 24.1 Å². The molecule has 4 atom stereocenters. The first-order valence-electron chi connectivity index (χ1n) is 12.5. The second kappa shape index (κ2) is 9.47. The van der Waals surface area contributed by atoms with Gasteiger partial charge < -0.3 is 19.3 Å². The maximum absolute atomic E-state index is 13.7. The van der Waals surface area contributed by atoms with Gasteiger partial charge in [-0.2, -0.15) is 0 Å². The Labute approximate surface area is 209 Å². The fourth-order valence-corrected chi connectivity index (χ4v) is 5.62. The van der Waals surface area contributed by atoms with E-state index in [-0.39, 0.29) is 24.3 Å². The number of aliphatic hydroxyl groups is 1. The molecule has 0 amide bonds. The molecule has 5 nitrogen and oxygen atoms in total.